The number of rotatable bonds is 2. The standard InChI is InChI=1S/C14H25N/c1-7-11-8-9-12(14(2,3)4)10-13(11)15(5)6/h7,12H,1,8-10H2,2-6H3. The minimum absolute atomic E-state index is 0.425. The lowest BCUT2D eigenvalue weighted by molar-refractivity contribution is 0.201. The van der Waals surface area contributed by atoms with E-state index >= 15 is 0 Å². The van der Waals surface area contributed by atoms with E-state index in [9.17, 15) is 0 Å². The van der Waals surface area contributed by atoms with Gasteiger partial charge in [0.15, 0.2) is 0 Å². The molecule has 1 unspecified atom stereocenters. The van der Waals surface area contributed by atoms with Gasteiger partial charge in [-0.05, 0) is 36.2 Å². The van der Waals surface area contributed by atoms with Gasteiger partial charge >= 0.3 is 0 Å². The molecule has 86 valence electrons. The van der Waals surface area contributed by atoms with Gasteiger partial charge in [-0.2, -0.15) is 0 Å². The Morgan fingerprint density at radius 2 is 1.93 bits per heavy atom. The van der Waals surface area contributed by atoms with Crippen molar-refractivity contribution in [2.75, 3.05) is 14.1 Å². The lowest BCUT2D eigenvalue weighted by Crippen LogP contribution is -2.28. The molecule has 0 N–H and O–H groups in total. The highest BCUT2D eigenvalue weighted by atomic mass is 15.1. The molecule has 0 aromatic carbocycles. The maximum absolute atomic E-state index is 3.92. The molecule has 0 radical (unpaired) electrons. The number of hydrogen-bond donors (Lipinski definition) is 0. The zero-order valence-corrected chi connectivity index (χ0v) is 10.9. The molecule has 1 heteroatoms. The highest BCUT2D eigenvalue weighted by Gasteiger charge is 2.29. The summed E-state index contributed by atoms with van der Waals surface area (Å²) in [7, 11) is 4.29. The van der Waals surface area contributed by atoms with Crippen molar-refractivity contribution in [3.05, 3.63) is 23.9 Å². The van der Waals surface area contributed by atoms with Crippen LogP contribution in [0.25, 0.3) is 0 Å². The van der Waals surface area contributed by atoms with Crippen LogP contribution in [0, 0.1) is 11.3 Å². The summed E-state index contributed by atoms with van der Waals surface area (Å²) in [4.78, 5) is 2.26. The Labute approximate surface area is 94.9 Å². The number of allylic oxidation sites excluding steroid dienone is 3. The quantitative estimate of drug-likeness (QED) is 0.665. The largest absolute Gasteiger partial charge is 0.381 e. The SMILES string of the molecule is C=CC1=C(N(C)C)CC(C(C)(C)C)CC1. The maximum atomic E-state index is 3.92. The molecular formula is C14H25N. The van der Waals surface area contributed by atoms with Gasteiger partial charge in [0.05, 0.1) is 0 Å². The highest BCUT2D eigenvalue weighted by Crippen LogP contribution is 2.40. The lowest BCUT2D eigenvalue weighted by atomic mass is 9.72. The van der Waals surface area contributed by atoms with Crippen LogP contribution in [0.1, 0.15) is 40.0 Å². The lowest BCUT2D eigenvalue weighted by Gasteiger charge is -2.37. The summed E-state index contributed by atoms with van der Waals surface area (Å²) in [6, 6.07) is 0. The first-order chi connectivity index (χ1) is 6.86. The molecular weight excluding hydrogens is 182 g/mol. The predicted molar refractivity (Wildman–Crippen MR) is 67.7 cm³/mol. The normalized spacial score (nSPS) is 22.9. The molecule has 1 atom stereocenters. The van der Waals surface area contributed by atoms with Gasteiger partial charge in [-0.25, -0.2) is 0 Å². The van der Waals surface area contributed by atoms with Crippen molar-refractivity contribution in [1.82, 2.24) is 4.90 Å². The molecule has 1 nitrogen and oxygen atoms in total. The van der Waals surface area contributed by atoms with E-state index in [0.717, 1.165) is 5.92 Å². The van der Waals surface area contributed by atoms with Crippen LogP contribution in [-0.4, -0.2) is 19.0 Å². The number of nitrogens with zero attached hydrogens (tertiary/aromatic N) is 1. The van der Waals surface area contributed by atoms with Crippen LogP contribution in [-0.2, 0) is 0 Å². The van der Waals surface area contributed by atoms with Crippen molar-refractivity contribution < 1.29 is 0 Å². The Bertz CT molecular complexity index is 266. The smallest absolute Gasteiger partial charge is 0.0163 e. The molecule has 15 heavy (non-hydrogen) atoms. The van der Waals surface area contributed by atoms with E-state index in [1.54, 1.807) is 0 Å². The fourth-order valence-corrected chi connectivity index (χ4v) is 2.37. The summed E-state index contributed by atoms with van der Waals surface area (Å²) in [5.41, 5.74) is 3.35. The van der Waals surface area contributed by atoms with Crippen LogP contribution in [0.3, 0.4) is 0 Å². The van der Waals surface area contributed by atoms with Crippen LogP contribution < -0.4 is 0 Å². The zero-order chi connectivity index (χ0) is 11.6. The van der Waals surface area contributed by atoms with Gasteiger partial charge in [0.1, 0.15) is 0 Å². The van der Waals surface area contributed by atoms with Crippen molar-refractivity contribution >= 4 is 0 Å². The van der Waals surface area contributed by atoms with E-state index in [-0.39, 0.29) is 0 Å². The second-order valence-electron chi connectivity index (χ2n) is 5.88. The average molecular weight is 207 g/mol. The van der Waals surface area contributed by atoms with E-state index in [0.29, 0.717) is 5.41 Å². The Morgan fingerprint density at radius 3 is 2.33 bits per heavy atom. The molecule has 1 aliphatic carbocycles. The van der Waals surface area contributed by atoms with E-state index in [2.05, 4.69) is 46.3 Å². The minimum Gasteiger partial charge on any atom is -0.381 e. The second kappa shape index (κ2) is 4.42. The molecule has 0 spiro atoms. The Balaban J connectivity index is 2.88. The first-order valence-corrected chi connectivity index (χ1v) is 5.88. The van der Waals surface area contributed by atoms with Crippen LogP contribution in [0.4, 0.5) is 0 Å². The molecule has 0 heterocycles. The van der Waals surface area contributed by atoms with Gasteiger partial charge < -0.3 is 4.90 Å². The summed E-state index contributed by atoms with van der Waals surface area (Å²) < 4.78 is 0. The monoisotopic (exact) mass is 207 g/mol. The van der Waals surface area contributed by atoms with Gasteiger partial charge in [-0.15, -0.1) is 0 Å². The molecule has 0 aliphatic heterocycles. The first-order valence-electron chi connectivity index (χ1n) is 5.88. The van der Waals surface area contributed by atoms with Gasteiger partial charge in [0.25, 0.3) is 0 Å². The van der Waals surface area contributed by atoms with Gasteiger partial charge in [-0.3, -0.25) is 0 Å². The molecule has 0 saturated carbocycles. The predicted octanol–water partition coefficient (Wildman–Crippen LogP) is 3.83. The van der Waals surface area contributed by atoms with E-state index in [1.165, 1.54) is 30.5 Å². The van der Waals surface area contributed by atoms with E-state index < -0.39 is 0 Å². The van der Waals surface area contributed by atoms with Crippen molar-refractivity contribution in [2.24, 2.45) is 11.3 Å². The molecule has 1 aliphatic rings. The molecule has 0 fully saturated rings. The Kier molecular flexibility index (Phi) is 3.64. The summed E-state index contributed by atoms with van der Waals surface area (Å²) in [6.45, 7) is 11.0. The number of hydrogen-bond acceptors (Lipinski definition) is 1. The second-order valence-corrected chi connectivity index (χ2v) is 5.88. The summed E-state index contributed by atoms with van der Waals surface area (Å²) >= 11 is 0. The van der Waals surface area contributed by atoms with Gasteiger partial charge in [0.2, 0.25) is 0 Å². The van der Waals surface area contributed by atoms with Gasteiger partial charge in [-0.1, -0.05) is 33.4 Å². The van der Waals surface area contributed by atoms with Gasteiger partial charge in [0, 0.05) is 19.8 Å². The molecule has 0 bridgehead atoms. The Morgan fingerprint density at radius 1 is 1.33 bits per heavy atom. The summed E-state index contributed by atoms with van der Waals surface area (Å²) in [6.07, 6.45) is 5.74. The maximum Gasteiger partial charge on any atom is 0.0163 e. The highest BCUT2D eigenvalue weighted by molar-refractivity contribution is 5.26. The van der Waals surface area contributed by atoms with E-state index in [4.69, 9.17) is 0 Å². The topological polar surface area (TPSA) is 3.24 Å². The fraction of sp³-hybridized carbons (Fsp3) is 0.714. The molecule has 0 aromatic rings. The molecule has 0 saturated heterocycles. The molecule has 1 rings (SSSR count). The van der Waals surface area contributed by atoms with Crippen molar-refractivity contribution in [3.63, 3.8) is 0 Å². The zero-order valence-electron chi connectivity index (χ0n) is 10.9. The molecule has 0 aromatic heterocycles. The minimum atomic E-state index is 0.425. The summed E-state index contributed by atoms with van der Waals surface area (Å²) in [5.74, 6) is 0.804. The Hall–Kier alpha value is -0.720. The third kappa shape index (κ3) is 2.87. The van der Waals surface area contributed by atoms with Crippen LogP contribution in [0.2, 0.25) is 0 Å². The third-order valence-corrected chi connectivity index (χ3v) is 3.58. The molecule has 0 amide bonds. The summed E-state index contributed by atoms with van der Waals surface area (Å²) in [5, 5.41) is 0. The third-order valence-electron chi connectivity index (χ3n) is 3.58. The van der Waals surface area contributed by atoms with E-state index in [1.807, 2.05) is 6.08 Å². The van der Waals surface area contributed by atoms with Crippen LogP contribution in [0.15, 0.2) is 23.9 Å². The average Bonchev–Trinajstić information content (AvgIpc) is 2.15. The van der Waals surface area contributed by atoms with Crippen molar-refractivity contribution in [1.29, 1.82) is 0 Å². The fourth-order valence-electron chi connectivity index (χ4n) is 2.37. The van der Waals surface area contributed by atoms with Crippen LogP contribution >= 0.6 is 0 Å². The van der Waals surface area contributed by atoms with Crippen molar-refractivity contribution in [2.45, 2.75) is 40.0 Å². The van der Waals surface area contributed by atoms with Crippen molar-refractivity contribution in [3.8, 4) is 0 Å². The van der Waals surface area contributed by atoms with Crippen LogP contribution in [0.5, 0.6) is 0 Å². The first kappa shape index (κ1) is 12.4.